The summed E-state index contributed by atoms with van der Waals surface area (Å²) < 4.78 is 40.7. The number of carboxylic acids is 1. The number of carbonyl (C=O) groups is 1. The van der Waals surface area contributed by atoms with Crippen molar-refractivity contribution in [3.05, 3.63) is 34.6 Å². The Morgan fingerprint density at radius 3 is 2.68 bits per heavy atom. The van der Waals surface area contributed by atoms with Crippen molar-refractivity contribution < 1.29 is 23.1 Å². The number of benzene rings is 1. The Morgan fingerprint density at radius 1 is 1.37 bits per heavy atom. The first-order chi connectivity index (χ1) is 9.00. The third kappa shape index (κ3) is 2.89. The molecule has 104 valence electrons. The average molecular weight is 273 g/mol. The van der Waals surface area contributed by atoms with Gasteiger partial charge in [0.25, 0.3) is 0 Å². The van der Waals surface area contributed by atoms with E-state index in [-0.39, 0.29) is 17.9 Å². The van der Waals surface area contributed by atoms with Gasteiger partial charge >= 0.3 is 5.97 Å². The largest absolute Gasteiger partial charge is 0.477 e. The van der Waals surface area contributed by atoms with Gasteiger partial charge in [-0.25, -0.2) is 18.0 Å². The summed E-state index contributed by atoms with van der Waals surface area (Å²) in [5.41, 5.74) is -1.34. The standard InChI is InChI=1S/C13H14F3NO2/c14-9-5-8(4-7-2-1-3-17-6-7)11(15)12(16)10(9)13(18)19/h5,7,17H,1-4,6H2,(H,18,19). The number of hydrogen-bond acceptors (Lipinski definition) is 2. The zero-order valence-electron chi connectivity index (χ0n) is 10.2. The summed E-state index contributed by atoms with van der Waals surface area (Å²) in [6, 6.07) is 0.788. The number of halogens is 3. The van der Waals surface area contributed by atoms with E-state index in [0.717, 1.165) is 25.5 Å². The molecule has 0 saturated carbocycles. The molecule has 6 heteroatoms. The molecule has 0 aliphatic carbocycles. The van der Waals surface area contributed by atoms with Crippen LogP contribution in [0.15, 0.2) is 6.07 Å². The molecule has 2 rings (SSSR count). The lowest BCUT2D eigenvalue weighted by Gasteiger charge is -2.23. The lowest BCUT2D eigenvalue weighted by atomic mass is 9.91. The monoisotopic (exact) mass is 273 g/mol. The van der Waals surface area contributed by atoms with E-state index >= 15 is 0 Å². The van der Waals surface area contributed by atoms with Crippen molar-refractivity contribution in [1.29, 1.82) is 0 Å². The van der Waals surface area contributed by atoms with Gasteiger partial charge in [0.1, 0.15) is 11.4 Å². The first-order valence-corrected chi connectivity index (χ1v) is 6.11. The minimum absolute atomic E-state index is 0.103. The molecule has 0 spiro atoms. The zero-order valence-corrected chi connectivity index (χ0v) is 10.2. The molecule has 1 saturated heterocycles. The van der Waals surface area contributed by atoms with Gasteiger partial charge in [-0.3, -0.25) is 0 Å². The predicted molar refractivity (Wildman–Crippen MR) is 62.6 cm³/mol. The van der Waals surface area contributed by atoms with Gasteiger partial charge in [-0.1, -0.05) is 0 Å². The third-order valence-electron chi connectivity index (χ3n) is 3.36. The van der Waals surface area contributed by atoms with Crippen LogP contribution in [0.25, 0.3) is 0 Å². The van der Waals surface area contributed by atoms with Gasteiger partial charge < -0.3 is 10.4 Å². The maximum Gasteiger partial charge on any atom is 0.341 e. The topological polar surface area (TPSA) is 49.3 Å². The summed E-state index contributed by atoms with van der Waals surface area (Å²) in [5.74, 6) is -5.81. The molecule has 0 bridgehead atoms. The van der Waals surface area contributed by atoms with Crippen LogP contribution in [0.2, 0.25) is 0 Å². The van der Waals surface area contributed by atoms with Crippen molar-refractivity contribution in [2.75, 3.05) is 13.1 Å². The van der Waals surface area contributed by atoms with Gasteiger partial charge in [-0.2, -0.15) is 0 Å². The summed E-state index contributed by atoms with van der Waals surface area (Å²) in [5, 5.41) is 11.8. The number of piperidine rings is 1. The first kappa shape index (κ1) is 13.9. The smallest absolute Gasteiger partial charge is 0.341 e. The molecule has 0 amide bonds. The third-order valence-corrected chi connectivity index (χ3v) is 3.36. The highest BCUT2D eigenvalue weighted by Crippen LogP contribution is 2.24. The maximum atomic E-state index is 13.7. The van der Waals surface area contributed by atoms with E-state index in [1.165, 1.54) is 0 Å². The van der Waals surface area contributed by atoms with E-state index in [1.807, 2.05) is 0 Å². The lowest BCUT2D eigenvalue weighted by Crippen LogP contribution is -2.31. The second kappa shape index (κ2) is 5.61. The molecule has 1 unspecified atom stereocenters. The van der Waals surface area contributed by atoms with E-state index in [9.17, 15) is 18.0 Å². The quantitative estimate of drug-likeness (QED) is 0.831. The molecule has 1 aliphatic heterocycles. The maximum absolute atomic E-state index is 13.7. The van der Waals surface area contributed by atoms with Crippen molar-refractivity contribution in [3.63, 3.8) is 0 Å². The number of rotatable bonds is 3. The average Bonchev–Trinajstić information content (AvgIpc) is 2.36. The fourth-order valence-electron chi connectivity index (χ4n) is 2.40. The molecule has 19 heavy (non-hydrogen) atoms. The SMILES string of the molecule is O=C(O)c1c(F)cc(CC2CCCNC2)c(F)c1F. The van der Waals surface area contributed by atoms with Crippen LogP contribution < -0.4 is 5.32 Å². The fourth-order valence-corrected chi connectivity index (χ4v) is 2.40. The molecule has 0 aromatic heterocycles. The van der Waals surface area contributed by atoms with Gasteiger partial charge in [0.2, 0.25) is 0 Å². The number of carboxylic acid groups (broad SMARTS) is 1. The molecule has 0 radical (unpaired) electrons. The van der Waals surface area contributed by atoms with Crippen LogP contribution in [-0.2, 0) is 6.42 Å². The van der Waals surface area contributed by atoms with Crippen molar-refractivity contribution >= 4 is 5.97 Å². The summed E-state index contributed by atoms with van der Waals surface area (Å²) in [7, 11) is 0. The normalized spacial score (nSPS) is 19.4. The van der Waals surface area contributed by atoms with Gasteiger partial charge in [-0.15, -0.1) is 0 Å². The second-order valence-electron chi connectivity index (χ2n) is 4.74. The Hall–Kier alpha value is -1.56. The van der Waals surface area contributed by atoms with E-state index in [0.29, 0.717) is 6.54 Å². The highest BCUT2D eigenvalue weighted by atomic mass is 19.2. The van der Waals surface area contributed by atoms with Crippen LogP contribution in [0.5, 0.6) is 0 Å². The Bertz CT molecular complexity index is 499. The van der Waals surface area contributed by atoms with Gasteiger partial charge in [0.15, 0.2) is 11.6 Å². The molecular formula is C13H14F3NO2. The van der Waals surface area contributed by atoms with Gasteiger partial charge in [-0.05, 0) is 49.9 Å². The molecule has 1 heterocycles. The van der Waals surface area contributed by atoms with Crippen LogP contribution in [-0.4, -0.2) is 24.2 Å². The van der Waals surface area contributed by atoms with Gasteiger partial charge in [0, 0.05) is 0 Å². The van der Waals surface area contributed by atoms with Crippen molar-refractivity contribution in [2.24, 2.45) is 5.92 Å². The zero-order chi connectivity index (χ0) is 14.0. The van der Waals surface area contributed by atoms with Crippen LogP contribution in [0.1, 0.15) is 28.8 Å². The van der Waals surface area contributed by atoms with E-state index < -0.39 is 29.0 Å². The number of nitrogens with one attached hydrogen (secondary N) is 1. The van der Waals surface area contributed by atoms with Crippen molar-refractivity contribution in [1.82, 2.24) is 5.32 Å². The Balaban J connectivity index is 2.29. The summed E-state index contributed by atoms with van der Waals surface area (Å²) in [4.78, 5) is 10.6. The number of aromatic carboxylic acids is 1. The molecule has 1 aromatic rings. The number of hydrogen-bond donors (Lipinski definition) is 2. The second-order valence-corrected chi connectivity index (χ2v) is 4.74. The van der Waals surface area contributed by atoms with E-state index in [2.05, 4.69) is 5.32 Å². The Labute approximate surface area is 108 Å². The lowest BCUT2D eigenvalue weighted by molar-refractivity contribution is 0.0685. The van der Waals surface area contributed by atoms with Crippen LogP contribution in [0.4, 0.5) is 13.2 Å². The molecule has 3 nitrogen and oxygen atoms in total. The first-order valence-electron chi connectivity index (χ1n) is 6.11. The minimum Gasteiger partial charge on any atom is -0.477 e. The van der Waals surface area contributed by atoms with E-state index in [1.54, 1.807) is 0 Å². The molecule has 1 aliphatic rings. The van der Waals surface area contributed by atoms with Crippen LogP contribution in [0.3, 0.4) is 0 Å². The fraction of sp³-hybridized carbons (Fsp3) is 0.462. The van der Waals surface area contributed by atoms with E-state index in [4.69, 9.17) is 5.11 Å². The van der Waals surface area contributed by atoms with Crippen LogP contribution >= 0.6 is 0 Å². The summed E-state index contributed by atoms with van der Waals surface area (Å²) in [6.45, 7) is 1.56. The molecule has 1 aromatic carbocycles. The Morgan fingerprint density at radius 2 is 2.11 bits per heavy atom. The van der Waals surface area contributed by atoms with Crippen molar-refractivity contribution in [2.45, 2.75) is 19.3 Å². The molecular weight excluding hydrogens is 259 g/mol. The minimum atomic E-state index is -1.81. The highest BCUT2D eigenvalue weighted by Gasteiger charge is 2.25. The Kier molecular flexibility index (Phi) is 4.09. The van der Waals surface area contributed by atoms with Crippen molar-refractivity contribution in [3.8, 4) is 0 Å². The summed E-state index contributed by atoms with van der Waals surface area (Å²) in [6.07, 6.45) is 1.99. The molecule has 1 atom stereocenters. The predicted octanol–water partition coefficient (Wildman–Crippen LogP) is 2.34. The summed E-state index contributed by atoms with van der Waals surface area (Å²) >= 11 is 0. The van der Waals surface area contributed by atoms with Crippen LogP contribution in [0, 0.1) is 23.4 Å². The molecule has 2 N–H and O–H groups in total. The highest BCUT2D eigenvalue weighted by molar-refractivity contribution is 5.88. The van der Waals surface area contributed by atoms with Gasteiger partial charge in [0.05, 0.1) is 0 Å². The molecule has 1 fully saturated rings.